The highest BCUT2D eigenvalue weighted by molar-refractivity contribution is 5.96. The van der Waals surface area contributed by atoms with Crippen molar-refractivity contribution in [3.63, 3.8) is 0 Å². The van der Waals surface area contributed by atoms with E-state index in [0.29, 0.717) is 22.6 Å². The molecule has 0 aliphatic carbocycles. The van der Waals surface area contributed by atoms with Gasteiger partial charge in [-0.1, -0.05) is 12.1 Å². The lowest BCUT2D eigenvalue weighted by Crippen LogP contribution is -2.35. The number of carbonyl (C=O) groups excluding carboxylic acids is 2. The van der Waals surface area contributed by atoms with E-state index >= 15 is 0 Å². The highest BCUT2D eigenvalue weighted by atomic mass is 16.6. The summed E-state index contributed by atoms with van der Waals surface area (Å²) < 4.78 is 10.6. The van der Waals surface area contributed by atoms with Gasteiger partial charge in [-0.2, -0.15) is 10.5 Å². The zero-order chi connectivity index (χ0) is 19.8. The number of anilines is 1. The Balaban J connectivity index is 1.92. The second-order valence-electron chi connectivity index (χ2n) is 5.62. The molecular formula is C20H17N3O4. The topological polar surface area (TPSA) is 112 Å². The van der Waals surface area contributed by atoms with E-state index in [4.69, 9.17) is 20.0 Å². The summed E-state index contributed by atoms with van der Waals surface area (Å²) in [5, 5.41) is 20.4. The molecule has 7 heteroatoms. The standard InChI is InChI=1S/C20H17N3O4/c1-13(19(24)23-18-6-4-3-5-16(18)12-22)27-20(25)14(2)26-17-9-7-15(11-21)8-10-17/h3-10,13-14H,1-2H3,(H,23,24)/t13-,14+/m1/s1. The number of benzene rings is 2. The van der Waals surface area contributed by atoms with E-state index < -0.39 is 24.1 Å². The summed E-state index contributed by atoms with van der Waals surface area (Å²) in [7, 11) is 0. The number of rotatable bonds is 6. The number of hydrogen-bond donors (Lipinski definition) is 1. The smallest absolute Gasteiger partial charge is 0.347 e. The Morgan fingerprint density at radius 2 is 1.63 bits per heavy atom. The molecule has 0 aliphatic rings. The van der Waals surface area contributed by atoms with Gasteiger partial charge < -0.3 is 14.8 Å². The monoisotopic (exact) mass is 363 g/mol. The third kappa shape index (κ3) is 5.32. The van der Waals surface area contributed by atoms with E-state index in [-0.39, 0.29) is 0 Å². The molecule has 0 bridgehead atoms. The predicted molar refractivity (Wildman–Crippen MR) is 96.6 cm³/mol. The average Bonchev–Trinajstić information content (AvgIpc) is 2.68. The second-order valence-corrected chi connectivity index (χ2v) is 5.62. The van der Waals surface area contributed by atoms with Crippen molar-refractivity contribution in [1.29, 1.82) is 10.5 Å². The lowest BCUT2D eigenvalue weighted by molar-refractivity contribution is -0.159. The fraction of sp³-hybridized carbons (Fsp3) is 0.200. The minimum atomic E-state index is -1.07. The van der Waals surface area contributed by atoms with Gasteiger partial charge in [-0.05, 0) is 50.2 Å². The molecule has 0 heterocycles. The first kappa shape index (κ1) is 19.5. The van der Waals surface area contributed by atoms with Crippen LogP contribution in [0.2, 0.25) is 0 Å². The molecule has 7 nitrogen and oxygen atoms in total. The molecule has 1 N–H and O–H groups in total. The maximum absolute atomic E-state index is 12.2. The van der Waals surface area contributed by atoms with Crippen molar-refractivity contribution < 1.29 is 19.1 Å². The molecule has 0 fully saturated rings. The number of nitriles is 2. The zero-order valence-electron chi connectivity index (χ0n) is 14.8. The Morgan fingerprint density at radius 1 is 0.963 bits per heavy atom. The van der Waals surface area contributed by atoms with Crippen LogP contribution >= 0.6 is 0 Å². The number of hydrogen-bond acceptors (Lipinski definition) is 6. The van der Waals surface area contributed by atoms with Crippen molar-refractivity contribution in [3.05, 3.63) is 59.7 Å². The normalized spacial score (nSPS) is 12.0. The van der Waals surface area contributed by atoms with Gasteiger partial charge in [-0.15, -0.1) is 0 Å². The summed E-state index contributed by atoms with van der Waals surface area (Å²) in [4.78, 5) is 24.3. The van der Waals surface area contributed by atoms with Gasteiger partial charge in [-0.25, -0.2) is 4.79 Å². The van der Waals surface area contributed by atoms with Crippen LogP contribution < -0.4 is 10.1 Å². The minimum absolute atomic E-state index is 0.307. The van der Waals surface area contributed by atoms with Gasteiger partial charge in [0, 0.05) is 0 Å². The molecule has 2 aromatic carbocycles. The van der Waals surface area contributed by atoms with Crippen LogP contribution in [0.15, 0.2) is 48.5 Å². The number of carbonyl (C=O) groups is 2. The summed E-state index contributed by atoms with van der Waals surface area (Å²) >= 11 is 0. The highest BCUT2D eigenvalue weighted by Crippen LogP contribution is 2.16. The van der Waals surface area contributed by atoms with Crippen molar-refractivity contribution in [2.75, 3.05) is 5.32 Å². The first-order chi connectivity index (χ1) is 12.9. The van der Waals surface area contributed by atoms with Crippen molar-refractivity contribution in [2.45, 2.75) is 26.1 Å². The molecule has 0 aromatic heterocycles. The number of amides is 1. The number of nitrogens with zero attached hydrogens (tertiary/aromatic N) is 2. The van der Waals surface area contributed by atoms with E-state index in [1.165, 1.54) is 13.8 Å². The number of nitrogens with one attached hydrogen (secondary N) is 1. The van der Waals surface area contributed by atoms with Crippen LogP contribution in [0.3, 0.4) is 0 Å². The molecule has 0 saturated heterocycles. The Kier molecular flexibility index (Phi) is 6.51. The fourth-order valence-electron chi connectivity index (χ4n) is 2.11. The molecule has 136 valence electrons. The van der Waals surface area contributed by atoms with Crippen LogP contribution in [0.4, 0.5) is 5.69 Å². The van der Waals surface area contributed by atoms with Gasteiger partial charge in [0.25, 0.3) is 5.91 Å². The Morgan fingerprint density at radius 3 is 2.26 bits per heavy atom. The quantitative estimate of drug-likeness (QED) is 0.790. The molecular weight excluding hydrogens is 346 g/mol. The minimum Gasteiger partial charge on any atom is -0.479 e. The lowest BCUT2D eigenvalue weighted by atomic mass is 10.2. The van der Waals surface area contributed by atoms with Gasteiger partial charge in [0.1, 0.15) is 11.8 Å². The van der Waals surface area contributed by atoms with Gasteiger partial charge in [0.2, 0.25) is 0 Å². The first-order valence-corrected chi connectivity index (χ1v) is 8.12. The molecule has 1 amide bonds. The van der Waals surface area contributed by atoms with Crippen LogP contribution in [-0.4, -0.2) is 24.1 Å². The molecule has 27 heavy (non-hydrogen) atoms. The molecule has 2 rings (SSSR count). The Labute approximate surface area is 156 Å². The van der Waals surface area contributed by atoms with Crippen molar-refractivity contribution in [2.24, 2.45) is 0 Å². The third-order valence-corrected chi connectivity index (χ3v) is 3.60. The van der Waals surface area contributed by atoms with Gasteiger partial charge >= 0.3 is 5.97 Å². The van der Waals surface area contributed by atoms with Crippen LogP contribution in [0, 0.1) is 22.7 Å². The van der Waals surface area contributed by atoms with Crippen molar-refractivity contribution in [3.8, 4) is 17.9 Å². The first-order valence-electron chi connectivity index (χ1n) is 8.12. The van der Waals surface area contributed by atoms with Crippen LogP contribution in [0.25, 0.3) is 0 Å². The molecule has 2 atom stereocenters. The number of ether oxygens (including phenoxy) is 2. The van der Waals surface area contributed by atoms with Crippen molar-refractivity contribution in [1.82, 2.24) is 0 Å². The summed E-state index contributed by atoms with van der Waals surface area (Å²) in [6.07, 6.45) is -2.02. The maximum atomic E-state index is 12.2. The van der Waals surface area contributed by atoms with E-state index in [1.807, 2.05) is 12.1 Å². The fourth-order valence-corrected chi connectivity index (χ4v) is 2.11. The Hall–Kier alpha value is -3.84. The van der Waals surface area contributed by atoms with E-state index in [0.717, 1.165) is 0 Å². The SMILES string of the molecule is C[C@H](Oc1ccc(C#N)cc1)C(=O)O[C@H](C)C(=O)Nc1ccccc1C#N. The number of para-hydroxylation sites is 1. The van der Waals surface area contributed by atoms with E-state index in [1.54, 1.807) is 48.5 Å². The van der Waals surface area contributed by atoms with Crippen LogP contribution in [-0.2, 0) is 14.3 Å². The molecule has 0 unspecified atom stereocenters. The molecule has 0 aliphatic heterocycles. The summed E-state index contributed by atoms with van der Waals surface area (Å²) in [6.45, 7) is 2.92. The number of esters is 1. The zero-order valence-corrected chi connectivity index (χ0v) is 14.8. The molecule has 0 spiro atoms. The van der Waals surface area contributed by atoms with Crippen molar-refractivity contribution >= 4 is 17.6 Å². The summed E-state index contributed by atoms with van der Waals surface area (Å²) in [5.74, 6) is -0.870. The largest absolute Gasteiger partial charge is 0.479 e. The predicted octanol–water partition coefficient (Wildman–Crippen LogP) is 2.77. The Bertz CT molecular complexity index is 910. The maximum Gasteiger partial charge on any atom is 0.347 e. The van der Waals surface area contributed by atoms with Crippen LogP contribution in [0.5, 0.6) is 5.75 Å². The lowest BCUT2D eigenvalue weighted by Gasteiger charge is -2.18. The van der Waals surface area contributed by atoms with E-state index in [9.17, 15) is 9.59 Å². The second kappa shape index (κ2) is 9.02. The summed E-state index contributed by atoms with van der Waals surface area (Å²) in [6, 6.07) is 16.7. The molecule has 0 saturated carbocycles. The van der Waals surface area contributed by atoms with E-state index in [2.05, 4.69) is 5.32 Å². The van der Waals surface area contributed by atoms with Gasteiger partial charge in [-0.3, -0.25) is 4.79 Å². The molecule has 0 radical (unpaired) electrons. The highest BCUT2D eigenvalue weighted by Gasteiger charge is 2.23. The van der Waals surface area contributed by atoms with Gasteiger partial charge in [0.15, 0.2) is 12.2 Å². The third-order valence-electron chi connectivity index (χ3n) is 3.60. The summed E-state index contributed by atoms with van der Waals surface area (Å²) in [5.41, 5.74) is 1.12. The van der Waals surface area contributed by atoms with Crippen LogP contribution in [0.1, 0.15) is 25.0 Å². The average molecular weight is 363 g/mol. The molecule has 2 aromatic rings. The van der Waals surface area contributed by atoms with Gasteiger partial charge in [0.05, 0.1) is 22.9 Å².